The van der Waals surface area contributed by atoms with Crippen molar-refractivity contribution in [3.8, 4) is 0 Å². The van der Waals surface area contributed by atoms with Crippen molar-refractivity contribution in [3.63, 3.8) is 0 Å². The lowest BCUT2D eigenvalue weighted by molar-refractivity contribution is 0.0690. The van der Waals surface area contributed by atoms with Gasteiger partial charge >= 0.3 is 5.97 Å². The van der Waals surface area contributed by atoms with Gasteiger partial charge in [-0.25, -0.2) is 4.79 Å². The Morgan fingerprint density at radius 3 is 2.18 bits per heavy atom. The topological polar surface area (TPSA) is 53.1 Å². The molecule has 0 aromatic carbocycles. The molecule has 0 spiro atoms. The summed E-state index contributed by atoms with van der Waals surface area (Å²) >= 11 is 6.37. The molecule has 0 saturated heterocycles. The van der Waals surface area contributed by atoms with E-state index in [0.717, 1.165) is 10.2 Å². The minimum Gasteiger partial charge on any atom is -0.477 e. The minimum absolute atomic E-state index is 0.175. The van der Waals surface area contributed by atoms with E-state index in [-0.39, 0.29) is 5.69 Å². The van der Waals surface area contributed by atoms with E-state index in [1.807, 2.05) is 0 Å². The van der Waals surface area contributed by atoms with Crippen molar-refractivity contribution >= 4 is 37.8 Å². The number of aromatic amines is 1. The van der Waals surface area contributed by atoms with Crippen molar-refractivity contribution in [1.29, 1.82) is 0 Å². The average Bonchev–Trinajstić information content (AvgIpc) is 2.17. The molecule has 11 heavy (non-hydrogen) atoms. The number of aryl methyl sites for hydroxylation is 1. The maximum absolute atomic E-state index is 10.5. The molecule has 0 atom stereocenters. The highest BCUT2D eigenvalue weighted by Crippen LogP contribution is 2.29. The predicted molar refractivity (Wildman–Crippen MR) is 47.9 cm³/mol. The third-order valence-corrected chi connectivity index (χ3v) is 3.58. The van der Waals surface area contributed by atoms with Gasteiger partial charge < -0.3 is 10.1 Å². The molecular formula is C6H5Br2NO2. The maximum Gasteiger partial charge on any atom is 0.353 e. The molecule has 60 valence electrons. The lowest BCUT2D eigenvalue weighted by Gasteiger charge is -1.87. The molecule has 0 bridgehead atoms. The summed E-state index contributed by atoms with van der Waals surface area (Å²) in [7, 11) is 0. The van der Waals surface area contributed by atoms with E-state index in [1.165, 1.54) is 0 Å². The van der Waals surface area contributed by atoms with Crippen LogP contribution in [0.4, 0.5) is 0 Å². The number of rotatable bonds is 1. The molecule has 0 radical (unpaired) electrons. The molecule has 0 unspecified atom stereocenters. The third-order valence-electron chi connectivity index (χ3n) is 1.27. The zero-order chi connectivity index (χ0) is 8.59. The fourth-order valence-electron chi connectivity index (χ4n) is 0.719. The molecule has 1 rings (SSSR count). The van der Waals surface area contributed by atoms with Crippen LogP contribution in [0.3, 0.4) is 0 Å². The number of carbonyl (C=O) groups is 1. The van der Waals surface area contributed by atoms with Crippen LogP contribution in [0.15, 0.2) is 8.95 Å². The maximum atomic E-state index is 10.5. The number of carboxylic acid groups (broad SMARTS) is 1. The Bertz CT molecular complexity index is 306. The largest absolute Gasteiger partial charge is 0.477 e. The summed E-state index contributed by atoms with van der Waals surface area (Å²) in [6.07, 6.45) is 0. The van der Waals surface area contributed by atoms with Gasteiger partial charge in [0.25, 0.3) is 0 Å². The van der Waals surface area contributed by atoms with Gasteiger partial charge in [-0.05, 0) is 38.8 Å². The number of aromatic nitrogens is 1. The zero-order valence-electron chi connectivity index (χ0n) is 5.61. The fourth-order valence-corrected chi connectivity index (χ4v) is 1.58. The van der Waals surface area contributed by atoms with Crippen LogP contribution in [-0.2, 0) is 0 Å². The molecule has 1 aromatic heterocycles. The van der Waals surface area contributed by atoms with Crippen LogP contribution in [0.5, 0.6) is 0 Å². The highest BCUT2D eigenvalue weighted by atomic mass is 79.9. The number of nitrogens with one attached hydrogen (secondary N) is 1. The lowest BCUT2D eigenvalue weighted by atomic mass is 10.4. The normalized spacial score (nSPS) is 10.1. The smallest absolute Gasteiger partial charge is 0.353 e. The molecule has 0 saturated carbocycles. The van der Waals surface area contributed by atoms with E-state index in [1.54, 1.807) is 6.92 Å². The Labute approximate surface area is 80.1 Å². The van der Waals surface area contributed by atoms with Crippen LogP contribution < -0.4 is 0 Å². The van der Waals surface area contributed by atoms with Crippen LogP contribution in [0, 0.1) is 6.92 Å². The van der Waals surface area contributed by atoms with E-state index in [9.17, 15) is 4.79 Å². The van der Waals surface area contributed by atoms with Gasteiger partial charge in [0.15, 0.2) is 0 Å². The molecule has 0 amide bonds. The van der Waals surface area contributed by atoms with Gasteiger partial charge in [-0.2, -0.15) is 0 Å². The summed E-state index contributed by atoms with van der Waals surface area (Å²) in [5, 5.41) is 8.62. The van der Waals surface area contributed by atoms with Gasteiger partial charge in [-0.3, -0.25) is 0 Å². The first-order valence-corrected chi connectivity index (χ1v) is 4.39. The van der Waals surface area contributed by atoms with Crippen molar-refractivity contribution in [3.05, 3.63) is 20.3 Å². The highest BCUT2D eigenvalue weighted by molar-refractivity contribution is 9.13. The van der Waals surface area contributed by atoms with Gasteiger partial charge in [0, 0.05) is 5.69 Å². The second-order valence-corrected chi connectivity index (χ2v) is 3.64. The van der Waals surface area contributed by atoms with Gasteiger partial charge in [-0.15, -0.1) is 0 Å². The summed E-state index contributed by atoms with van der Waals surface area (Å²) in [5.41, 5.74) is 0.976. The molecule has 1 heterocycles. The minimum atomic E-state index is -0.967. The van der Waals surface area contributed by atoms with Gasteiger partial charge in [0.1, 0.15) is 5.69 Å². The van der Waals surface area contributed by atoms with Crippen LogP contribution in [0.1, 0.15) is 16.2 Å². The van der Waals surface area contributed by atoms with E-state index < -0.39 is 5.97 Å². The Balaban J connectivity index is 3.29. The van der Waals surface area contributed by atoms with Crippen LogP contribution in [0.2, 0.25) is 0 Å². The van der Waals surface area contributed by atoms with Crippen LogP contribution in [0.25, 0.3) is 0 Å². The standard InChI is InChI=1S/C6H5Br2NO2/c1-2-3(7)4(8)5(9-2)6(10)11/h9H,1H3,(H,10,11). The Kier molecular flexibility index (Phi) is 2.39. The molecule has 0 aliphatic rings. The lowest BCUT2D eigenvalue weighted by Crippen LogP contribution is -1.96. The van der Waals surface area contributed by atoms with E-state index in [2.05, 4.69) is 36.8 Å². The van der Waals surface area contributed by atoms with Crippen molar-refractivity contribution in [2.24, 2.45) is 0 Å². The second kappa shape index (κ2) is 2.98. The van der Waals surface area contributed by atoms with Crippen LogP contribution in [-0.4, -0.2) is 16.1 Å². The quantitative estimate of drug-likeness (QED) is 0.832. The first-order valence-electron chi connectivity index (χ1n) is 2.81. The van der Waals surface area contributed by atoms with Crippen molar-refractivity contribution in [2.75, 3.05) is 0 Å². The second-order valence-electron chi connectivity index (χ2n) is 2.06. The van der Waals surface area contributed by atoms with Gasteiger partial charge in [-0.1, -0.05) is 0 Å². The number of hydrogen-bond acceptors (Lipinski definition) is 1. The Morgan fingerprint density at radius 2 is 2.00 bits per heavy atom. The molecule has 1 aromatic rings. The number of aromatic carboxylic acids is 1. The van der Waals surface area contributed by atoms with Gasteiger partial charge in [0.2, 0.25) is 0 Å². The van der Waals surface area contributed by atoms with Crippen molar-refractivity contribution in [2.45, 2.75) is 6.92 Å². The molecule has 0 fully saturated rings. The highest BCUT2D eigenvalue weighted by Gasteiger charge is 2.15. The zero-order valence-corrected chi connectivity index (χ0v) is 8.78. The average molecular weight is 283 g/mol. The summed E-state index contributed by atoms with van der Waals surface area (Å²) in [5.74, 6) is -0.967. The molecular weight excluding hydrogens is 278 g/mol. The van der Waals surface area contributed by atoms with E-state index >= 15 is 0 Å². The van der Waals surface area contributed by atoms with E-state index in [4.69, 9.17) is 5.11 Å². The fraction of sp³-hybridized carbons (Fsp3) is 0.167. The van der Waals surface area contributed by atoms with E-state index in [0.29, 0.717) is 4.47 Å². The number of H-pyrrole nitrogens is 1. The summed E-state index contributed by atoms with van der Waals surface area (Å²) < 4.78 is 1.32. The summed E-state index contributed by atoms with van der Waals surface area (Å²) in [6.45, 7) is 1.79. The molecule has 2 N–H and O–H groups in total. The molecule has 3 nitrogen and oxygen atoms in total. The number of halogens is 2. The van der Waals surface area contributed by atoms with Crippen molar-refractivity contribution in [1.82, 2.24) is 4.98 Å². The van der Waals surface area contributed by atoms with Gasteiger partial charge in [0.05, 0.1) is 8.95 Å². The first kappa shape index (κ1) is 8.80. The van der Waals surface area contributed by atoms with Crippen molar-refractivity contribution < 1.29 is 9.90 Å². The molecule has 0 aliphatic carbocycles. The molecule has 5 heteroatoms. The Morgan fingerprint density at radius 1 is 1.45 bits per heavy atom. The third kappa shape index (κ3) is 1.49. The Hall–Kier alpha value is -0.290. The number of hydrogen-bond donors (Lipinski definition) is 2. The first-order chi connectivity index (χ1) is 5.04. The summed E-state index contributed by atoms with van der Waals surface area (Å²) in [6, 6.07) is 0. The van der Waals surface area contributed by atoms with Crippen LogP contribution >= 0.6 is 31.9 Å². The predicted octanol–water partition coefficient (Wildman–Crippen LogP) is 2.55. The summed E-state index contributed by atoms with van der Waals surface area (Å²) in [4.78, 5) is 13.2. The number of carboxylic acids is 1. The molecule has 0 aliphatic heterocycles. The monoisotopic (exact) mass is 281 g/mol. The SMILES string of the molecule is Cc1[nH]c(C(=O)O)c(Br)c1Br.